The average molecular weight is 375 g/mol. The molecule has 1 saturated heterocycles. The van der Waals surface area contributed by atoms with Crippen LogP contribution < -0.4 is 0 Å². The molecule has 2 N–H and O–H groups in total. The Morgan fingerprint density at radius 2 is 2.05 bits per heavy atom. The highest BCUT2D eigenvalue weighted by Crippen LogP contribution is 2.24. The summed E-state index contributed by atoms with van der Waals surface area (Å²) in [6, 6.07) is 3.88. The highest BCUT2D eigenvalue weighted by Gasteiger charge is 2.32. The second-order valence-corrected chi connectivity index (χ2v) is 5.68. The topological polar surface area (TPSA) is 77.8 Å². The van der Waals surface area contributed by atoms with Gasteiger partial charge in [-0.25, -0.2) is 4.79 Å². The van der Waals surface area contributed by atoms with Gasteiger partial charge in [0.25, 0.3) is 5.91 Å². The number of hydrogen-bond acceptors (Lipinski definition) is 3. The van der Waals surface area contributed by atoms with Crippen molar-refractivity contribution in [3.8, 4) is 5.75 Å². The monoisotopic (exact) mass is 375 g/mol. The van der Waals surface area contributed by atoms with Crippen LogP contribution in [0.2, 0.25) is 0 Å². The van der Waals surface area contributed by atoms with Crippen molar-refractivity contribution < 1.29 is 19.8 Å². The van der Waals surface area contributed by atoms with E-state index in [0.29, 0.717) is 22.1 Å². The minimum absolute atomic E-state index is 0.0373. The van der Waals surface area contributed by atoms with Gasteiger partial charge in [0.2, 0.25) is 0 Å². The number of piperidine rings is 1. The molecule has 1 amide bonds. The predicted octanol–water partition coefficient (Wildman–Crippen LogP) is 2.08. The third-order valence-electron chi connectivity index (χ3n) is 3.24. The summed E-state index contributed by atoms with van der Waals surface area (Å²) in [6.45, 7) is 0.447. The number of phenolic OH excluding ortho intramolecular Hbond substituents is 1. The van der Waals surface area contributed by atoms with Crippen molar-refractivity contribution in [2.75, 3.05) is 6.54 Å². The molecule has 102 valence electrons. The molecule has 19 heavy (non-hydrogen) atoms. The number of hydrogen-bond donors (Lipinski definition) is 2. The Balaban J connectivity index is 2.26. The molecule has 1 aromatic rings. The number of carboxylic acids is 1. The average Bonchev–Trinajstić information content (AvgIpc) is 2.41. The smallest absolute Gasteiger partial charge is 0.326 e. The summed E-state index contributed by atoms with van der Waals surface area (Å²) in [4.78, 5) is 24.9. The van der Waals surface area contributed by atoms with Crippen LogP contribution in [0.3, 0.4) is 0 Å². The molecule has 1 aromatic carbocycles. The van der Waals surface area contributed by atoms with Gasteiger partial charge >= 0.3 is 5.97 Å². The van der Waals surface area contributed by atoms with E-state index in [-0.39, 0.29) is 11.7 Å². The Bertz CT molecular complexity index is 517. The maximum Gasteiger partial charge on any atom is 0.326 e. The van der Waals surface area contributed by atoms with E-state index in [1.807, 2.05) is 22.6 Å². The Labute approximate surface area is 124 Å². The van der Waals surface area contributed by atoms with Gasteiger partial charge in [0.1, 0.15) is 11.8 Å². The molecule has 0 aliphatic carbocycles. The van der Waals surface area contributed by atoms with Crippen molar-refractivity contribution in [2.45, 2.75) is 25.3 Å². The van der Waals surface area contributed by atoms with Gasteiger partial charge in [0.05, 0.1) is 3.57 Å². The summed E-state index contributed by atoms with van der Waals surface area (Å²) < 4.78 is 0.655. The van der Waals surface area contributed by atoms with Gasteiger partial charge in [-0.15, -0.1) is 0 Å². The van der Waals surface area contributed by atoms with Gasteiger partial charge in [-0.3, -0.25) is 4.79 Å². The molecule has 2 rings (SSSR count). The summed E-state index contributed by atoms with van der Waals surface area (Å²) in [5.41, 5.74) is 0.325. The molecule has 0 unspecified atom stereocenters. The summed E-state index contributed by atoms with van der Waals surface area (Å²) in [5, 5.41) is 18.8. The highest BCUT2D eigenvalue weighted by atomic mass is 127. The molecular formula is C13H14INO4. The van der Waals surface area contributed by atoms with Crippen LogP contribution >= 0.6 is 22.6 Å². The third kappa shape index (κ3) is 2.99. The Kier molecular flexibility index (Phi) is 4.28. The lowest BCUT2D eigenvalue weighted by Gasteiger charge is -2.33. The van der Waals surface area contributed by atoms with Crippen LogP contribution in [-0.2, 0) is 4.79 Å². The fourth-order valence-electron chi connectivity index (χ4n) is 2.24. The van der Waals surface area contributed by atoms with E-state index in [9.17, 15) is 14.7 Å². The Hall–Kier alpha value is -1.31. The summed E-state index contributed by atoms with van der Waals surface area (Å²) >= 11 is 1.96. The number of phenols is 1. The van der Waals surface area contributed by atoms with Crippen LogP contribution in [0.15, 0.2) is 18.2 Å². The number of likely N-dealkylation sites (tertiary alicyclic amines) is 1. The first-order valence-corrected chi connectivity index (χ1v) is 7.11. The van der Waals surface area contributed by atoms with Crippen LogP contribution in [0.4, 0.5) is 0 Å². The van der Waals surface area contributed by atoms with Crippen LogP contribution in [0.25, 0.3) is 0 Å². The van der Waals surface area contributed by atoms with E-state index in [1.54, 1.807) is 12.1 Å². The SMILES string of the molecule is O=C(O)[C@H]1CCCCN1C(=O)c1ccc(I)c(O)c1. The van der Waals surface area contributed by atoms with Crippen LogP contribution in [0, 0.1) is 3.57 Å². The van der Waals surface area contributed by atoms with E-state index in [1.165, 1.54) is 11.0 Å². The van der Waals surface area contributed by atoms with Gasteiger partial charge in [0.15, 0.2) is 0 Å². The number of nitrogens with zero attached hydrogens (tertiary/aromatic N) is 1. The minimum Gasteiger partial charge on any atom is -0.507 e. The second kappa shape index (κ2) is 5.77. The lowest BCUT2D eigenvalue weighted by molar-refractivity contribution is -0.143. The molecule has 0 spiro atoms. The lowest BCUT2D eigenvalue weighted by atomic mass is 10.0. The summed E-state index contributed by atoms with van der Waals surface area (Å²) in [7, 11) is 0. The fourth-order valence-corrected chi connectivity index (χ4v) is 2.58. The molecule has 1 atom stereocenters. The number of amides is 1. The Morgan fingerprint density at radius 1 is 1.32 bits per heavy atom. The maximum absolute atomic E-state index is 12.3. The minimum atomic E-state index is -0.970. The van der Waals surface area contributed by atoms with Gasteiger partial charge in [0, 0.05) is 12.1 Å². The van der Waals surface area contributed by atoms with Gasteiger partial charge in [-0.2, -0.15) is 0 Å². The van der Waals surface area contributed by atoms with E-state index < -0.39 is 12.0 Å². The van der Waals surface area contributed by atoms with Crippen LogP contribution in [-0.4, -0.2) is 39.6 Å². The number of rotatable bonds is 2. The van der Waals surface area contributed by atoms with E-state index in [4.69, 9.17) is 5.11 Å². The molecule has 1 aliphatic rings. The second-order valence-electron chi connectivity index (χ2n) is 4.51. The van der Waals surface area contributed by atoms with Crippen molar-refractivity contribution in [3.63, 3.8) is 0 Å². The zero-order valence-electron chi connectivity index (χ0n) is 10.2. The van der Waals surface area contributed by atoms with Crippen LogP contribution in [0.1, 0.15) is 29.6 Å². The van der Waals surface area contributed by atoms with Crippen molar-refractivity contribution in [3.05, 3.63) is 27.3 Å². The molecule has 5 nitrogen and oxygen atoms in total. The molecule has 1 fully saturated rings. The predicted molar refractivity (Wildman–Crippen MR) is 77.1 cm³/mol. The molecule has 0 radical (unpaired) electrons. The van der Waals surface area contributed by atoms with E-state index >= 15 is 0 Å². The van der Waals surface area contributed by atoms with Gasteiger partial charge < -0.3 is 15.1 Å². The molecule has 0 bridgehead atoms. The number of carbonyl (C=O) groups is 2. The molecular weight excluding hydrogens is 361 g/mol. The zero-order valence-corrected chi connectivity index (χ0v) is 12.3. The summed E-state index contributed by atoms with van der Waals surface area (Å²) in [5.74, 6) is -1.27. The van der Waals surface area contributed by atoms with Crippen molar-refractivity contribution in [2.24, 2.45) is 0 Å². The lowest BCUT2D eigenvalue weighted by Crippen LogP contribution is -2.47. The number of aliphatic carboxylic acids is 1. The first-order valence-electron chi connectivity index (χ1n) is 6.03. The number of aromatic hydroxyl groups is 1. The molecule has 0 saturated carbocycles. The number of benzene rings is 1. The first kappa shape index (κ1) is 14.1. The quantitative estimate of drug-likeness (QED) is 0.776. The molecule has 0 aromatic heterocycles. The van der Waals surface area contributed by atoms with Crippen molar-refractivity contribution >= 4 is 34.5 Å². The highest BCUT2D eigenvalue weighted by molar-refractivity contribution is 14.1. The van der Waals surface area contributed by atoms with E-state index in [2.05, 4.69) is 0 Å². The number of carbonyl (C=O) groups excluding carboxylic acids is 1. The largest absolute Gasteiger partial charge is 0.507 e. The third-order valence-corrected chi connectivity index (χ3v) is 4.15. The molecule has 6 heteroatoms. The fraction of sp³-hybridized carbons (Fsp3) is 0.385. The normalized spacial score (nSPS) is 19.2. The molecule has 1 aliphatic heterocycles. The van der Waals surface area contributed by atoms with Crippen molar-refractivity contribution in [1.82, 2.24) is 4.90 Å². The standard InChI is InChI=1S/C13H14INO4/c14-9-5-4-8(7-11(9)16)12(17)15-6-2-1-3-10(15)13(18)19/h4-5,7,10,16H,1-3,6H2,(H,18,19)/t10-/m1/s1. The summed E-state index contributed by atoms with van der Waals surface area (Å²) in [6.07, 6.45) is 2.11. The van der Waals surface area contributed by atoms with Gasteiger partial charge in [-0.1, -0.05) is 0 Å². The van der Waals surface area contributed by atoms with E-state index in [0.717, 1.165) is 12.8 Å². The molecule has 1 heterocycles. The first-order chi connectivity index (χ1) is 9.00. The Morgan fingerprint density at radius 3 is 2.68 bits per heavy atom. The van der Waals surface area contributed by atoms with Gasteiger partial charge in [-0.05, 0) is 60.1 Å². The maximum atomic E-state index is 12.3. The van der Waals surface area contributed by atoms with Crippen molar-refractivity contribution in [1.29, 1.82) is 0 Å². The zero-order chi connectivity index (χ0) is 14.0. The van der Waals surface area contributed by atoms with Crippen LogP contribution in [0.5, 0.6) is 5.75 Å². The number of carboxylic acid groups (broad SMARTS) is 1. The number of halogens is 1.